The molecule has 1 aliphatic rings. The second-order valence-corrected chi connectivity index (χ2v) is 11.7. The van der Waals surface area contributed by atoms with Crippen molar-refractivity contribution < 1.29 is 5.11 Å². The molecule has 218 valence electrons. The number of piperidine rings is 1. The lowest BCUT2D eigenvalue weighted by molar-refractivity contribution is 0.0738. The number of hydrogen-bond donors (Lipinski definition) is 2. The van der Waals surface area contributed by atoms with Gasteiger partial charge in [-0.2, -0.15) is 10.1 Å². The molecule has 0 radical (unpaired) electrons. The highest BCUT2D eigenvalue weighted by Crippen LogP contribution is 2.29. The van der Waals surface area contributed by atoms with Gasteiger partial charge in [-0.25, -0.2) is 19.3 Å². The summed E-state index contributed by atoms with van der Waals surface area (Å²) in [6, 6.07) is 12.4. The van der Waals surface area contributed by atoms with E-state index in [9.17, 15) is 9.90 Å². The van der Waals surface area contributed by atoms with Gasteiger partial charge in [-0.1, -0.05) is 12.1 Å². The third-order valence-electron chi connectivity index (χ3n) is 7.98. The molecule has 2 N–H and O–H groups in total. The first-order valence-corrected chi connectivity index (χ1v) is 14.4. The lowest BCUT2D eigenvalue weighted by Gasteiger charge is -2.34. The summed E-state index contributed by atoms with van der Waals surface area (Å²) >= 11 is 0. The molecular formula is C31H37N9O2. The van der Waals surface area contributed by atoms with Gasteiger partial charge in [0.25, 0.3) is 5.56 Å². The van der Waals surface area contributed by atoms with Crippen molar-refractivity contribution in [3.8, 4) is 5.82 Å². The Morgan fingerprint density at radius 2 is 1.93 bits per heavy atom. The zero-order chi connectivity index (χ0) is 29.6. The number of benzene rings is 1. The van der Waals surface area contributed by atoms with E-state index in [1.165, 1.54) is 10.9 Å². The zero-order valence-electron chi connectivity index (χ0n) is 24.5. The lowest BCUT2D eigenvalue weighted by Crippen LogP contribution is -2.39. The lowest BCUT2D eigenvalue weighted by atomic mass is 10.0. The summed E-state index contributed by atoms with van der Waals surface area (Å²) in [7, 11) is 0. The van der Waals surface area contributed by atoms with E-state index in [-0.39, 0.29) is 12.1 Å². The van der Waals surface area contributed by atoms with Crippen LogP contribution >= 0.6 is 0 Å². The Bertz CT molecular complexity index is 1820. The van der Waals surface area contributed by atoms with E-state index < -0.39 is 5.60 Å². The van der Waals surface area contributed by atoms with Crippen LogP contribution in [-0.4, -0.2) is 63.2 Å². The highest BCUT2D eigenvalue weighted by Gasteiger charge is 2.24. The standard InChI is InChI=1S/C31H37N9O2/c1-6-14-38-29(41)24-19-32-30(36-28(24)40(38)27-9-7-8-26(35-27)31(4,5)42)34-22-10-11-25-21(17-22)18-33-39(25)23-12-15-37(16-13-23)20(2)3/h6-11,17-20,23,42H,1,12-16H2,2-5H3,(H,32,34,36). The van der Waals surface area contributed by atoms with Crippen molar-refractivity contribution in [3.05, 3.63) is 77.5 Å². The van der Waals surface area contributed by atoms with Crippen LogP contribution in [0.15, 0.2) is 66.2 Å². The van der Waals surface area contributed by atoms with Crippen LogP contribution in [0, 0.1) is 0 Å². The number of fused-ring (bicyclic) bond motifs is 2. The van der Waals surface area contributed by atoms with E-state index in [2.05, 4.69) is 51.4 Å². The number of aliphatic hydroxyl groups is 1. The Morgan fingerprint density at radius 3 is 2.64 bits per heavy atom. The van der Waals surface area contributed by atoms with Gasteiger partial charge in [0.2, 0.25) is 5.95 Å². The van der Waals surface area contributed by atoms with Crippen LogP contribution in [0.2, 0.25) is 0 Å². The van der Waals surface area contributed by atoms with Crippen molar-refractivity contribution in [2.24, 2.45) is 0 Å². The predicted octanol–water partition coefficient (Wildman–Crippen LogP) is 4.53. The average molecular weight is 568 g/mol. The summed E-state index contributed by atoms with van der Waals surface area (Å²) in [6.45, 7) is 14.1. The van der Waals surface area contributed by atoms with Crippen LogP contribution in [0.25, 0.3) is 27.8 Å². The molecule has 6 rings (SSSR count). The van der Waals surface area contributed by atoms with E-state index >= 15 is 0 Å². The fraction of sp³-hybridized carbons (Fsp3) is 0.387. The summed E-state index contributed by atoms with van der Waals surface area (Å²) in [4.78, 5) is 29.7. The summed E-state index contributed by atoms with van der Waals surface area (Å²) in [5, 5.41) is 20.0. The first kappa shape index (κ1) is 27.8. The van der Waals surface area contributed by atoms with Gasteiger partial charge in [-0.05, 0) is 70.9 Å². The summed E-state index contributed by atoms with van der Waals surface area (Å²) in [5.74, 6) is 0.805. The van der Waals surface area contributed by atoms with Crippen LogP contribution in [0.3, 0.4) is 0 Å². The predicted molar refractivity (Wildman–Crippen MR) is 164 cm³/mol. The van der Waals surface area contributed by atoms with Gasteiger partial charge in [-0.15, -0.1) is 6.58 Å². The van der Waals surface area contributed by atoms with Gasteiger partial charge in [0, 0.05) is 36.4 Å². The first-order valence-electron chi connectivity index (χ1n) is 14.4. The molecule has 0 amide bonds. The molecule has 11 nitrogen and oxygen atoms in total. The van der Waals surface area contributed by atoms with Gasteiger partial charge in [0.15, 0.2) is 11.5 Å². The second kappa shape index (κ2) is 10.8. The van der Waals surface area contributed by atoms with Crippen molar-refractivity contribution >= 4 is 33.6 Å². The quantitative estimate of drug-likeness (QED) is 0.263. The third kappa shape index (κ3) is 5.10. The van der Waals surface area contributed by atoms with Gasteiger partial charge in [-0.3, -0.25) is 9.48 Å². The highest BCUT2D eigenvalue weighted by molar-refractivity contribution is 5.84. The van der Waals surface area contributed by atoms with Crippen molar-refractivity contribution in [3.63, 3.8) is 0 Å². The van der Waals surface area contributed by atoms with Crippen molar-refractivity contribution in [1.82, 2.24) is 39.0 Å². The van der Waals surface area contributed by atoms with Gasteiger partial charge in [0.05, 0.1) is 30.0 Å². The maximum atomic E-state index is 13.3. The first-order chi connectivity index (χ1) is 20.1. The van der Waals surface area contributed by atoms with E-state index in [0.717, 1.165) is 42.5 Å². The largest absolute Gasteiger partial charge is 0.384 e. The molecule has 0 bridgehead atoms. The second-order valence-electron chi connectivity index (χ2n) is 11.7. The Morgan fingerprint density at radius 1 is 1.14 bits per heavy atom. The Balaban J connectivity index is 1.33. The topological polar surface area (TPSA) is 119 Å². The SMILES string of the molecule is C=CCn1c(=O)c2cnc(Nc3ccc4c(cnn4C4CCN(C(C)C)CC4)c3)nc2n1-c1cccc(C(C)(C)O)n1. The van der Waals surface area contributed by atoms with Crippen LogP contribution < -0.4 is 10.9 Å². The number of aromatic nitrogens is 7. The zero-order valence-corrected chi connectivity index (χ0v) is 24.5. The van der Waals surface area contributed by atoms with Gasteiger partial charge < -0.3 is 15.3 Å². The molecule has 0 atom stereocenters. The van der Waals surface area contributed by atoms with Crippen LogP contribution in [0.1, 0.15) is 52.3 Å². The molecule has 5 aromatic rings. The van der Waals surface area contributed by atoms with Crippen molar-refractivity contribution in [2.45, 2.75) is 64.8 Å². The Labute approximate surface area is 244 Å². The Kier molecular flexibility index (Phi) is 7.15. The molecule has 1 fully saturated rings. The average Bonchev–Trinajstić information content (AvgIpc) is 3.51. The minimum Gasteiger partial charge on any atom is -0.384 e. The molecule has 5 heterocycles. The third-order valence-corrected chi connectivity index (χ3v) is 7.98. The van der Waals surface area contributed by atoms with Crippen molar-refractivity contribution in [1.29, 1.82) is 0 Å². The molecule has 1 saturated heterocycles. The maximum Gasteiger partial charge on any atom is 0.278 e. The molecule has 0 saturated carbocycles. The van der Waals surface area contributed by atoms with Crippen LogP contribution in [0.5, 0.6) is 0 Å². The number of pyridine rings is 1. The normalized spacial score (nSPS) is 15.2. The van der Waals surface area contributed by atoms with E-state index in [0.29, 0.717) is 40.6 Å². The monoisotopic (exact) mass is 567 g/mol. The summed E-state index contributed by atoms with van der Waals surface area (Å²) < 4.78 is 5.33. The number of rotatable bonds is 8. The highest BCUT2D eigenvalue weighted by atomic mass is 16.3. The fourth-order valence-corrected chi connectivity index (χ4v) is 5.69. The van der Waals surface area contributed by atoms with Crippen LogP contribution in [0.4, 0.5) is 11.6 Å². The molecule has 0 spiro atoms. The minimum absolute atomic E-state index is 0.250. The number of nitrogens with one attached hydrogen (secondary N) is 1. The number of likely N-dealkylation sites (tertiary alicyclic amines) is 1. The molecule has 0 unspecified atom stereocenters. The molecule has 11 heteroatoms. The number of hydrogen-bond acceptors (Lipinski definition) is 8. The Hall–Kier alpha value is -4.35. The van der Waals surface area contributed by atoms with Crippen molar-refractivity contribution in [2.75, 3.05) is 18.4 Å². The number of nitrogens with zero attached hydrogens (tertiary/aromatic N) is 8. The minimum atomic E-state index is -1.15. The van der Waals surface area contributed by atoms with Crippen LogP contribution in [-0.2, 0) is 12.1 Å². The van der Waals surface area contributed by atoms with E-state index in [1.807, 2.05) is 18.3 Å². The van der Waals surface area contributed by atoms with Gasteiger partial charge >= 0.3 is 0 Å². The molecule has 1 aliphatic heterocycles. The molecule has 0 aliphatic carbocycles. The summed E-state index contributed by atoms with van der Waals surface area (Å²) in [6.07, 6.45) is 7.26. The maximum absolute atomic E-state index is 13.3. The molecular weight excluding hydrogens is 530 g/mol. The van der Waals surface area contributed by atoms with E-state index in [4.69, 9.17) is 10.1 Å². The number of anilines is 2. The summed E-state index contributed by atoms with van der Waals surface area (Å²) in [5.41, 5.74) is 1.40. The smallest absolute Gasteiger partial charge is 0.278 e. The molecule has 1 aromatic carbocycles. The molecule has 4 aromatic heterocycles. The fourth-order valence-electron chi connectivity index (χ4n) is 5.69. The van der Waals surface area contributed by atoms with Gasteiger partial charge in [0.1, 0.15) is 11.0 Å². The number of allylic oxidation sites excluding steroid dienone is 1. The van der Waals surface area contributed by atoms with E-state index in [1.54, 1.807) is 42.8 Å². The molecule has 42 heavy (non-hydrogen) atoms.